The highest BCUT2D eigenvalue weighted by molar-refractivity contribution is 5.84. The van der Waals surface area contributed by atoms with Crippen molar-refractivity contribution in [1.82, 2.24) is 19.5 Å². The largest absolute Gasteiger partial charge is 0.394 e. The SMILES string of the molecule is CN(c1nc(N)c2ncn([C@@H]3O[C@H](CO)[C@@H](O)[C@H]3O)c2n1)C1c2ccccc2-c2ccccc21. The Morgan fingerprint density at radius 2 is 1.65 bits per heavy atom. The zero-order valence-electron chi connectivity index (χ0n) is 18.4. The molecule has 5 N–H and O–H groups in total. The Bertz CT molecular complexity index is 1350. The molecule has 0 radical (unpaired) electrons. The molecule has 2 aliphatic rings. The minimum Gasteiger partial charge on any atom is -0.394 e. The molecule has 0 unspecified atom stereocenters. The minimum absolute atomic E-state index is 0.116. The van der Waals surface area contributed by atoms with Crippen LogP contribution in [0.4, 0.5) is 11.8 Å². The topological polar surface area (TPSA) is 143 Å². The number of benzene rings is 2. The summed E-state index contributed by atoms with van der Waals surface area (Å²) in [4.78, 5) is 15.5. The van der Waals surface area contributed by atoms with Crippen LogP contribution in [0.25, 0.3) is 22.3 Å². The summed E-state index contributed by atoms with van der Waals surface area (Å²) in [5.74, 6) is 0.576. The van der Waals surface area contributed by atoms with Gasteiger partial charge in [-0.15, -0.1) is 0 Å². The highest BCUT2D eigenvalue weighted by Gasteiger charge is 2.44. The number of anilines is 2. The van der Waals surface area contributed by atoms with Gasteiger partial charge >= 0.3 is 0 Å². The zero-order chi connectivity index (χ0) is 23.6. The third-order valence-corrected chi connectivity index (χ3v) is 6.73. The van der Waals surface area contributed by atoms with Crippen LogP contribution in [-0.2, 0) is 4.74 Å². The normalized spacial score (nSPS) is 23.9. The first-order chi connectivity index (χ1) is 16.5. The van der Waals surface area contributed by atoms with Crippen molar-refractivity contribution in [3.63, 3.8) is 0 Å². The van der Waals surface area contributed by atoms with Crippen molar-refractivity contribution in [2.75, 3.05) is 24.3 Å². The van der Waals surface area contributed by atoms with E-state index in [1.807, 2.05) is 36.2 Å². The molecule has 0 bridgehead atoms. The van der Waals surface area contributed by atoms with Crippen LogP contribution in [0.5, 0.6) is 0 Å². The molecule has 10 heteroatoms. The van der Waals surface area contributed by atoms with E-state index in [1.165, 1.54) is 22.0 Å². The van der Waals surface area contributed by atoms with E-state index in [1.54, 1.807) is 0 Å². The third kappa shape index (κ3) is 2.93. The maximum Gasteiger partial charge on any atom is 0.229 e. The van der Waals surface area contributed by atoms with Gasteiger partial charge in [0.05, 0.1) is 19.0 Å². The molecule has 4 aromatic rings. The fourth-order valence-electron chi connectivity index (χ4n) is 5.04. The standard InChI is InChI=1S/C24H24N6O4/c1-29(18-14-8-4-2-6-12(14)13-7-3-5-9-15(13)18)24-27-21(25)17-22(28-24)30(11-26-17)23-20(33)19(32)16(10-31)34-23/h2-9,11,16,18-20,23,31-33H,10H2,1H3,(H2,25,27,28)/t16-,19-,20-,23-/m1/s1. The van der Waals surface area contributed by atoms with E-state index in [9.17, 15) is 15.3 Å². The summed E-state index contributed by atoms with van der Waals surface area (Å²) in [6.45, 7) is -0.424. The number of rotatable bonds is 4. The molecular formula is C24H24N6O4. The molecular weight excluding hydrogens is 436 g/mol. The minimum atomic E-state index is -1.26. The van der Waals surface area contributed by atoms with Gasteiger partial charge in [0.1, 0.15) is 23.8 Å². The van der Waals surface area contributed by atoms with Crippen LogP contribution in [0.2, 0.25) is 0 Å². The number of nitrogens with two attached hydrogens (primary N) is 1. The number of ether oxygens (including phenoxy) is 1. The molecule has 0 spiro atoms. The molecule has 1 fully saturated rings. The summed E-state index contributed by atoms with van der Waals surface area (Å²) >= 11 is 0. The molecule has 1 aliphatic carbocycles. The lowest BCUT2D eigenvalue weighted by atomic mass is 10.0. The highest BCUT2D eigenvalue weighted by atomic mass is 16.6. The van der Waals surface area contributed by atoms with Crippen LogP contribution in [0, 0.1) is 0 Å². The number of fused-ring (bicyclic) bond motifs is 4. The average Bonchev–Trinajstić information content (AvgIpc) is 3.51. The van der Waals surface area contributed by atoms with Crippen LogP contribution < -0.4 is 10.6 Å². The van der Waals surface area contributed by atoms with E-state index < -0.39 is 31.1 Å². The zero-order valence-corrected chi connectivity index (χ0v) is 18.4. The van der Waals surface area contributed by atoms with Gasteiger partial charge in [0, 0.05) is 7.05 Å². The Morgan fingerprint density at radius 3 is 2.26 bits per heavy atom. The summed E-state index contributed by atoms with van der Waals surface area (Å²) < 4.78 is 7.20. The Morgan fingerprint density at radius 1 is 1.00 bits per heavy atom. The van der Waals surface area contributed by atoms with Crippen molar-refractivity contribution < 1.29 is 20.1 Å². The van der Waals surface area contributed by atoms with Crippen LogP contribution >= 0.6 is 0 Å². The van der Waals surface area contributed by atoms with Gasteiger partial charge in [0.2, 0.25) is 5.95 Å². The fourth-order valence-corrected chi connectivity index (χ4v) is 5.04. The number of aliphatic hydroxyl groups is 3. The molecule has 174 valence electrons. The molecule has 10 nitrogen and oxygen atoms in total. The average molecular weight is 460 g/mol. The van der Waals surface area contributed by atoms with Crippen molar-refractivity contribution in [2.45, 2.75) is 30.6 Å². The molecule has 3 heterocycles. The number of nitrogen functional groups attached to an aromatic ring is 1. The monoisotopic (exact) mass is 460 g/mol. The Kier molecular flexibility index (Phi) is 4.78. The first-order valence-corrected chi connectivity index (χ1v) is 11.0. The van der Waals surface area contributed by atoms with Crippen molar-refractivity contribution in [2.24, 2.45) is 0 Å². The lowest BCUT2D eigenvalue weighted by Crippen LogP contribution is -2.33. The fraction of sp³-hybridized carbons (Fsp3) is 0.292. The first-order valence-electron chi connectivity index (χ1n) is 11.0. The summed E-state index contributed by atoms with van der Waals surface area (Å²) in [7, 11) is 1.91. The molecule has 34 heavy (non-hydrogen) atoms. The van der Waals surface area contributed by atoms with Gasteiger partial charge in [0.15, 0.2) is 17.7 Å². The molecule has 2 aromatic carbocycles. The van der Waals surface area contributed by atoms with Crippen LogP contribution in [0.1, 0.15) is 23.4 Å². The maximum absolute atomic E-state index is 10.5. The van der Waals surface area contributed by atoms with Gasteiger partial charge in [-0.1, -0.05) is 48.5 Å². The van der Waals surface area contributed by atoms with Crippen LogP contribution in [-0.4, -0.2) is 66.8 Å². The smallest absolute Gasteiger partial charge is 0.229 e. The molecule has 4 atom stereocenters. The number of aliphatic hydroxyl groups excluding tert-OH is 3. The van der Waals surface area contributed by atoms with Crippen molar-refractivity contribution in [3.8, 4) is 11.1 Å². The summed E-state index contributed by atoms with van der Waals surface area (Å²) in [6, 6.07) is 16.4. The highest BCUT2D eigenvalue weighted by Crippen LogP contribution is 2.46. The lowest BCUT2D eigenvalue weighted by molar-refractivity contribution is -0.0511. The van der Waals surface area contributed by atoms with E-state index in [4.69, 9.17) is 15.5 Å². The predicted octanol–water partition coefficient (Wildman–Crippen LogP) is 1.23. The molecule has 0 amide bonds. The second kappa shape index (κ2) is 7.74. The second-order valence-electron chi connectivity index (χ2n) is 8.65. The Labute approximate surface area is 194 Å². The first kappa shape index (κ1) is 21.0. The second-order valence-corrected chi connectivity index (χ2v) is 8.65. The Hall–Kier alpha value is -3.57. The van der Waals surface area contributed by atoms with Crippen LogP contribution in [0.15, 0.2) is 54.9 Å². The quantitative estimate of drug-likeness (QED) is 0.353. The Balaban J connectivity index is 1.45. The molecule has 1 aliphatic heterocycles. The van der Waals surface area contributed by atoms with E-state index >= 15 is 0 Å². The maximum atomic E-state index is 10.5. The number of hydrogen-bond donors (Lipinski definition) is 4. The van der Waals surface area contributed by atoms with Crippen LogP contribution in [0.3, 0.4) is 0 Å². The van der Waals surface area contributed by atoms with Gasteiger partial charge in [-0.2, -0.15) is 9.97 Å². The van der Waals surface area contributed by atoms with E-state index in [-0.39, 0.29) is 11.9 Å². The van der Waals surface area contributed by atoms with E-state index in [0.717, 1.165) is 11.1 Å². The van der Waals surface area contributed by atoms with Gasteiger partial charge in [-0.3, -0.25) is 4.57 Å². The molecule has 1 saturated heterocycles. The summed E-state index contributed by atoms with van der Waals surface area (Å²) in [5.41, 5.74) is 11.6. The van der Waals surface area contributed by atoms with E-state index in [2.05, 4.69) is 34.2 Å². The van der Waals surface area contributed by atoms with Gasteiger partial charge in [-0.05, 0) is 22.3 Å². The third-order valence-electron chi connectivity index (χ3n) is 6.73. The van der Waals surface area contributed by atoms with Gasteiger partial charge < -0.3 is 30.7 Å². The van der Waals surface area contributed by atoms with Crippen molar-refractivity contribution >= 4 is 22.9 Å². The molecule has 0 saturated carbocycles. The van der Waals surface area contributed by atoms with Crippen molar-refractivity contribution in [3.05, 3.63) is 66.0 Å². The molecule has 6 rings (SSSR count). The number of hydrogen-bond acceptors (Lipinski definition) is 9. The number of aromatic nitrogens is 4. The molecule has 2 aromatic heterocycles. The van der Waals surface area contributed by atoms with Gasteiger partial charge in [0.25, 0.3) is 0 Å². The van der Waals surface area contributed by atoms with Crippen molar-refractivity contribution in [1.29, 1.82) is 0 Å². The summed E-state index contributed by atoms with van der Waals surface area (Å²) in [6.07, 6.45) is -2.94. The van der Waals surface area contributed by atoms with Gasteiger partial charge in [-0.25, -0.2) is 4.98 Å². The number of nitrogens with zero attached hydrogens (tertiary/aromatic N) is 5. The van der Waals surface area contributed by atoms with E-state index in [0.29, 0.717) is 17.1 Å². The predicted molar refractivity (Wildman–Crippen MR) is 125 cm³/mol. The summed E-state index contributed by atoms with van der Waals surface area (Å²) in [5, 5.41) is 30.2. The number of imidazole rings is 1. The lowest BCUT2D eigenvalue weighted by Gasteiger charge is -2.27.